The quantitative estimate of drug-likeness (QED) is 0.202. The number of para-hydroxylation sites is 2. The molecule has 39 heavy (non-hydrogen) atoms. The largest absolute Gasteiger partial charge is 0.342 e. The van der Waals surface area contributed by atoms with Crippen LogP contribution in [0, 0.1) is 5.82 Å². The molecule has 1 aromatic heterocycles. The Morgan fingerprint density at radius 1 is 0.795 bits per heavy atom. The minimum atomic E-state index is -0.247. The Morgan fingerprint density at radius 3 is 2.26 bits per heavy atom. The monoisotopic (exact) mass is 531 g/mol. The second-order valence-electron chi connectivity index (χ2n) is 9.39. The summed E-state index contributed by atoms with van der Waals surface area (Å²) in [6.45, 7) is 1.15. The molecule has 4 nitrogen and oxygen atoms in total. The van der Waals surface area contributed by atoms with Crippen LogP contribution in [-0.4, -0.2) is 27.1 Å². The number of nitrogens with zero attached hydrogens (tertiary/aromatic N) is 3. The van der Waals surface area contributed by atoms with Gasteiger partial charge in [-0.2, -0.15) is 0 Å². The van der Waals surface area contributed by atoms with Crippen molar-refractivity contribution in [3.63, 3.8) is 0 Å². The van der Waals surface area contributed by atoms with Crippen molar-refractivity contribution in [2.24, 2.45) is 4.99 Å². The average Bonchev–Trinajstić information content (AvgIpc) is 3.46. The molecule has 0 unspecified atom stereocenters. The van der Waals surface area contributed by atoms with E-state index in [9.17, 15) is 9.18 Å². The molecule has 6 heteroatoms. The number of thioether (sulfide) groups is 1. The molecule has 0 saturated carbocycles. The Hall–Kier alpha value is -4.42. The van der Waals surface area contributed by atoms with Gasteiger partial charge in [-0.15, -0.1) is 0 Å². The lowest BCUT2D eigenvalue weighted by Crippen LogP contribution is -2.31. The van der Waals surface area contributed by atoms with Gasteiger partial charge < -0.3 is 4.57 Å². The summed E-state index contributed by atoms with van der Waals surface area (Å²) in [6, 6.07) is 34.6. The first-order valence-corrected chi connectivity index (χ1v) is 13.7. The van der Waals surface area contributed by atoms with Gasteiger partial charge in [0.15, 0.2) is 5.17 Å². The molecule has 1 aliphatic rings. The first-order chi connectivity index (χ1) is 19.1. The average molecular weight is 532 g/mol. The predicted molar refractivity (Wildman–Crippen MR) is 158 cm³/mol. The van der Waals surface area contributed by atoms with Crippen molar-refractivity contribution in [3.8, 4) is 0 Å². The van der Waals surface area contributed by atoms with Crippen molar-refractivity contribution in [1.82, 2.24) is 9.47 Å². The molecular formula is C33H26FN3OS. The molecule has 0 bridgehead atoms. The van der Waals surface area contributed by atoms with Gasteiger partial charge in [-0.25, -0.2) is 9.38 Å². The van der Waals surface area contributed by atoms with E-state index in [4.69, 9.17) is 4.99 Å². The number of hydrogen-bond donors (Lipinski definition) is 0. The first-order valence-electron chi connectivity index (χ1n) is 12.9. The number of aromatic nitrogens is 1. The lowest BCUT2D eigenvalue weighted by Gasteiger charge is -2.15. The van der Waals surface area contributed by atoms with Crippen molar-refractivity contribution < 1.29 is 9.18 Å². The minimum absolute atomic E-state index is 0.0408. The van der Waals surface area contributed by atoms with Crippen molar-refractivity contribution >= 4 is 45.5 Å². The van der Waals surface area contributed by atoms with Crippen LogP contribution in [0.1, 0.15) is 16.7 Å². The van der Waals surface area contributed by atoms with Crippen LogP contribution in [0.5, 0.6) is 0 Å². The Balaban J connectivity index is 1.34. The van der Waals surface area contributed by atoms with E-state index in [1.807, 2.05) is 66.7 Å². The van der Waals surface area contributed by atoms with E-state index < -0.39 is 0 Å². The number of fused-ring (bicyclic) bond motifs is 1. The number of aliphatic imine (C=N–C) groups is 1. The lowest BCUT2D eigenvalue weighted by molar-refractivity contribution is -0.122. The molecule has 0 radical (unpaired) electrons. The molecular weight excluding hydrogens is 505 g/mol. The van der Waals surface area contributed by atoms with Crippen LogP contribution in [0.3, 0.4) is 0 Å². The van der Waals surface area contributed by atoms with Gasteiger partial charge in [0.05, 0.1) is 10.6 Å². The number of rotatable bonds is 7. The Morgan fingerprint density at radius 2 is 1.49 bits per heavy atom. The Kier molecular flexibility index (Phi) is 7.11. The van der Waals surface area contributed by atoms with Gasteiger partial charge in [0.2, 0.25) is 0 Å². The number of amides is 1. The van der Waals surface area contributed by atoms with Crippen LogP contribution in [-0.2, 0) is 17.8 Å². The summed E-state index contributed by atoms with van der Waals surface area (Å²) in [6.07, 6.45) is 4.78. The molecule has 192 valence electrons. The third-order valence-electron chi connectivity index (χ3n) is 6.71. The van der Waals surface area contributed by atoms with Crippen molar-refractivity contribution in [1.29, 1.82) is 0 Å². The fourth-order valence-electron chi connectivity index (χ4n) is 4.74. The van der Waals surface area contributed by atoms with Gasteiger partial charge in [0, 0.05) is 35.8 Å². The van der Waals surface area contributed by atoms with Crippen LogP contribution in [0.4, 0.5) is 10.1 Å². The normalized spacial score (nSPS) is 15.6. The third kappa shape index (κ3) is 5.56. The zero-order valence-corrected chi connectivity index (χ0v) is 22.0. The standard InChI is InChI=1S/C33H26FN3OS/c34-27-17-15-25(16-18-27)22-36-23-26(29-13-7-8-14-30(29)36)21-31-32(38)37(20-19-24-9-3-1-4-10-24)33(39-31)35-28-11-5-2-6-12-28/h1-18,21,23H,19-20,22H2. The number of amidine groups is 1. The van der Waals surface area contributed by atoms with Crippen molar-refractivity contribution in [2.45, 2.75) is 13.0 Å². The van der Waals surface area contributed by atoms with Gasteiger partial charge in [-0.3, -0.25) is 9.69 Å². The number of benzene rings is 4. The summed E-state index contributed by atoms with van der Waals surface area (Å²) in [4.78, 5) is 21.0. The number of halogens is 1. The van der Waals surface area contributed by atoms with E-state index in [1.165, 1.54) is 29.5 Å². The highest BCUT2D eigenvalue weighted by Crippen LogP contribution is 2.36. The highest BCUT2D eigenvalue weighted by Gasteiger charge is 2.33. The predicted octanol–water partition coefficient (Wildman–Crippen LogP) is 7.68. The zero-order valence-electron chi connectivity index (χ0n) is 21.2. The summed E-state index contributed by atoms with van der Waals surface area (Å²) in [5.74, 6) is -0.288. The maximum Gasteiger partial charge on any atom is 0.266 e. The molecule has 6 rings (SSSR count). The SMILES string of the molecule is O=C1C(=Cc2cn(Cc3ccc(F)cc3)c3ccccc23)SC(=Nc2ccccc2)N1CCc1ccccc1. The van der Waals surface area contributed by atoms with E-state index in [2.05, 4.69) is 35.0 Å². The van der Waals surface area contributed by atoms with Gasteiger partial charge in [0.1, 0.15) is 5.82 Å². The van der Waals surface area contributed by atoms with E-state index in [1.54, 1.807) is 17.0 Å². The molecule has 1 saturated heterocycles. The topological polar surface area (TPSA) is 37.6 Å². The van der Waals surface area contributed by atoms with Crippen LogP contribution in [0.15, 0.2) is 125 Å². The molecule has 0 N–H and O–H groups in total. The van der Waals surface area contributed by atoms with Crippen molar-refractivity contribution in [2.75, 3.05) is 6.54 Å². The summed E-state index contributed by atoms with van der Waals surface area (Å²) >= 11 is 1.41. The van der Waals surface area contributed by atoms with Crippen molar-refractivity contribution in [3.05, 3.63) is 143 Å². The molecule has 1 fully saturated rings. The molecule has 5 aromatic rings. The highest BCUT2D eigenvalue weighted by molar-refractivity contribution is 8.18. The fraction of sp³-hybridized carbons (Fsp3) is 0.0909. The Bertz CT molecular complexity index is 1680. The van der Waals surface area contributed by atoms with Crippen LogP contribution in [0.25, 0.3) is 17.0 Å². The second-order valence-corrected chi connectivity index (χ2v) is 10.4. The van der Waals surface area contributed by atoms with Gasteiger partial charge in [-0.05, 0) is 65.7 Å². The van der Waals surface area contributed by atoms with E-state index in [-0.39, 0.29) is 11.7 Å². The van der Waals surface area contributed by atoms with E-state index in [0.717, 1.165) is 34.1 Å². The number of carbonyl (C=O) groups is 1. The van der Waals surface area contributed by atoms with Crippen LogP contribution < -0.4 is 0 Å². The lowest BCUT2D eigenvalue weighted by atomic mass is 10.1. The summed E-state index contributed by atoms with van der Waals surface area (Å²) in [5.41, 5.74) is 5.02. The maximum absolute atomic E-state index is 13.7. The molecule has 0 spiro atoms. The van der Waals surface area contributed by atoms with Gasteiger partial charge in [0.25, 0.3) is 5.91 Å². The summed E-state index contributed by atoms with van der Waals surface area (Å²) in [5, 5.41) is 1.74. The molecule has 2 heterocycles. The second kappa shape index (κ2) is 11.1. The summed E-state index contributed by atoms with van der Waals surface area (Å²) in [7, 11) is 0. The first kappa shape index (κ1) is 24.9. The summed E-state index contributed by atoms with van der Waals surface area (Å²) < 4.78 is 15.6. The minimum Gasteiger partial charge on any atom is -0.342 e. The maximum atomic E-state index is 13.7. The Labute approximate surface area is 231 Å². The number of carbonyl (C=O) groups excluding carboxylic acids is 1. The van der Waals surface area contributed by atoms with Gasteiger partial charge >= 0.3 is 0 Å². The van der Waals surface area contributed by atoms with E-state index in [0.29, 0.717) is 23.2 Å². The third-order valence-corrected chi connectivity index (χ3v) is 7.71. The highest BCUT2D eigenvalue weighted by atomic mass is 32.2. The molecule has 1 aliphatic heterocycles. The zero-order chi connectivity index (χ0) is 26.6. The van der Waals surface area contributed by atoms with Crippen LogP contribution >= 0.6 is 11.8 Å². The molecule has 0 atom stereocenters. The number of hydrogen-bond acceptors (Lipinski definition) is 3. The fourth-order valence-corrected chi connectivity index (χ4v) is 5.75. The molecule has 0 aliphatic carbocycles. The van der Waals surface area contributed by atoms with E-state index >= 15 is 0 Å². The van der Waals surface area contributed by atoms with Gasteiger partial charge in [-0.1, -0.05) is 78.9 Å². The smallest absolute Gasteiger partial charge is 0.266 e. The molecule has 4 aromatic carbocycles. The molecule has 1 amide bonds. The van der Waals surface area contributed by atoms with Crippen LogP contribution in [0.2, 0.25) is 0 Å².